The molecular weight excluding hydrogens is 558 g/mol. The van der Waals surface area contributed by atoms with Crippen molar-refractivity contribution < 1.29 is 29.1 Å². The lowest BCUT2D eigenvalue weighted by atomic mass is 10.1. The molecule has 0 aliphatic carbocycles. The summed E-state index contributed by atoms with van der Waals surface area (Å²) in [5.41, 5.74) is 16.2. The van der Waals surface area contributed by atoms with Crippen LogP contribution in [0.3, 0.4) is 0 Å². The third-order valence-electron chi connectivity index (χ3n) is 6.32. The van der Waals surface area contributed by atoms with E-state index in [-0.39, 0.29) is 50.1 Å². The summed E-state index contributed by atoms with van der Waals surface area (Å²) < 4.78 is 0. The van der Waals surface area contributed by atoms with Gasteiger partial charge in [0.05, 0.1) is 6.04 Å². The number of nitrogens with two attached hydrogens (primary N) is 3. The summed E-state index contributed by atoms with van der Waals surface area (Å²) in [4.78, 5) is 64.6. The van der Waals surface area contributed by atoms with Gasteiger partial charge in [-0.25, -0.2) is 4.79 Å². The molecule has 0 saturated carbocycles. The summed E-state index contributed by atoms with van der Waals surface area (Å²) in [5.74, 6) is -4.08. The van der Waals surface area contributed by atoms with E-state index in [1.165, 1.54) is 11.8 Å². The molecule has 1 saturated heterocycles. The molecule has 0 unspecified atom stereocenters. The number of carboxylic acid groups (broad SMARTS) is 1. The number of aliphatic carboxylic acids is 1. The monoisotopic (exact) mass is 601 g/mol. The highest BCUT2D eigenvalue weighted by atomic mass is 32.1. The van der Waals surface area contributed by atoms with Crippen LogP contribution in [0.1, 0.15) is 45.4 Å². The molecule has 1 heterocycles. The Bertz CT molecular complexity index is 968. The Morgan fingerprint density at radius 1 is 0.951 bits per heavy atom. The van der Waals surface area contributed by atoms with Crippen LogP contribution in [-0.4, -0.2) is 107 Å². The molecule has 1 rings (SSSR count). The summed E-state index contributed by atoms with van der Waals surface area (Å²) in [6.45, 7) is 2.21. The highest BCUT2D eigenvalue weighted by Gasteiger charge is 2.38. The maximum atomic E-state index is 13.3. The lowest BCUT2D eigenvalue weighted by Crippen LogP contribution is -2.57. The topological polar surface area (TPSA) is 295 Å². The number of carbonyl (C=O) groups excluding carboxylic acids is 4. The van der Waals surface area contributed by atoms with Crippen LogP contribution in [0.4, 0.5) is 0 Å². The molecule has 1 aliphatic rings. The van der Waals surface area contributed by atoms with Gasteiger partial charge in [0.1, 0.15) is 24.2 Å². The number of likely N-dealkylation sites (tertiary alicyclic amines) is 1. The number of hydrogen-bond acceptors (Lipinski definition) is 9. The molecule has 1 fully saturated rings. The number of amides is 4. The average molecular weight is 602 g/mol. The maximum Gasteiger partial charge on any atom is 0.326 e. The number of nitrogens with one attached hydrogen (secondary N) is 7. The van der Waals surface area contributed by atoms with E-state index in [1.807, 2.05) is 0 Å². The first-order valence-electron chi connectivity index (χ1n) is 13.2. The lowest BCUT2D eigenvalue weighted by molar-refractivity contribution is -0.143. The number of hydrogen-bond donors (Lipinski definition) is 12. The summed E-state index contributed by atoms with van der Waals surface area (Å²) in [5, 5.41) is 36.8. The third kappa shape index (κ3) is 12.5. The van der Waals surface area contributed by atoms with Crippen molar-refractivity contribution in [1.82, 2.24) is 31.5 Å². The van der Waals surface area contributed by atoms with Gasteiger partial charge in [0.25, 0.3) is 0 Å². The normalized spacial score (nSPS) is 17.3. The number of thiol groups is 1. The fraction of sp³-hybridized carbons (Fsp3) is 0.696. The molecule has 41 heavy (non-hydrogen) atoms. The molecule has 5 atom stereocenters. The second-order valence-corrected chi connectivity index (χ2v) is 10.0. The second kappa shape index (κ2) is 17.8. The first-order chi connectivity index (χ1) is 19.3. The summed E-state index contributed by atoms with van der Waals surface area (Å²) in [7, 11) is 0. The number of nitrogens with zero attached hydrogens (tertiary/aromatic N) is 1. The Labute approximate surface area is 243 Å². The van der Waals surface area contributed by atoms with Crippen molar-refractivity contribution >= 4 is 54.1 Å². The highest BCUT2D eigenvalue weighted by molar-refractivity contribution is 7.80. The van der Waals surface area contributed by atoms with Crippen LogP contribution in [0.15, 0.2) is 0 Å². The van der Waals surface area contributed by atoms with Gasteiger partial charge in [-0.05, 0) is 45.4 Å². The number of carbonyl (C=O) groups is 5. The van der Waals surface area contributed by atoms with E-state index in [0.29, 0.717) is 25.7 Å². The van der Waals surface area contributed by atoms with Crippen molar-refractivity contribution in [3.63, 3.8) is 0 Å². The molecule has 0 bridgehead atoms. The van der Waals surface area contributed by atoms with E-state index in [0.717, 1.165) is 0 Å². The van der Waals surface area contributed by atoms with Gasteiger partial charge >= 0.3 is 5.97 Å². The van der Waals surface area contributed by atoms with E-state index < -0.39 is 59.8 Å². The number of rotatable bonds is 17. The van der Waals surface area contributed by atoms with Crippen LogP contribution in [0, 0.1) is 10.8 Å². The maximum absolute atomic E-state index is 13.3. The Morgan fingerprint density at radius 2 is 1.51 bits per heavy atom. The van der Waals surface area contributed by atoms with Crippen LogP contribution in [0.5, 0.6) is 0 Å². The molecule has 232 valence electrons. The van der Waals surface area contributed by atoms with E-state index in [1.54, 1.807) is 0 Å². The minimum Gasteiger partial charge on any atom is -0.480 e. The van der Waals surface area contributed by atoms with Gasteiger partial charge in [0, 0.05) is 25.4 Å². The van der Waals surface area contributed by atoms with E-state index in [9.17, 15) is 29.1 Å². The molecule has 4 amide bonds. The molecule has 0 aromatic carbocycles. The predicted octanol–water partition coefficient (Wildman–Crippen LogP) is -3.68. The smallest absolute Gasteiger partial charge is 0.326 e. The first-order valence-corrected chi connectivity index (χ1v) is 13.9. The van der Waals surface area contributed by atoms with Crippen molar-refractivity contribution in [1.29, 1.82) is 10.8 Å². The van der Waals surface area contributed by atoms with Crippen molar-refractivity contribution in [3.8, 4) is 0 Å². The zero-order valence-corrected chi connectivity index (χ0v) is 24.0. The third-order valence-corrected chi connectivity index (χ3v) is 6.71. The average Bonchev–Trinajstić information content (AvgIpc) is 3.40. The number of carboxylic acids is 1. The molecule has 14 N–H and O–H groups in total. The molecular formula is C23H43N11O6S. The van der Waals surface area contributed by atoms with Crippen molar-refractivity contribution in [2.75, 3.05) is 25.4 Å². The molecule has 17 nitrogen and oxygen atoms in total. The fourth-order valence-corrected chi connectivity index (χ4v) is 4.31. The van der Waals surface area contributed by atoms with Crippen LogP contribution in [-0.2, 0) is 24.0 Å². The quantitative estimate of drug-likeness (QED) is 0.0333. The standard InChI is InChI=1S/C23H43N11O6S/c1-12(31-17(35)13(24)11-41)20(38)34-10-4-7-16(34)19(37)32-14(5-2-8-29-22(25)26)18(36)33-15(21(39)40)6-3-9-30-23(27)28/h12-16,41H,2-11,24H2,1H3,(H,31,35)(H,32,37)(H,33,36)(H,39,40)(H4,25,26,29)(H4,27,28,30)/t12-,13-,14-,15-,16-/m0/s1. The van der Waals surface area contributed by atoms with Gasteiger partial charge in [-0.1, -0.05) is 0 Å². The molecule has 1 aliphatic heterocycles. The van der Waals surface area contributed by atoms with Crippen molar-refractivity contribution in [3.05, 3.63) is 0 Å². The molecule has 0 radical (unpaired) electrons. The fourth-order valence-electron chi connectivity index (χ4n) is 4.14. The van der Waals surface area contributed by atoms with Crippen LogP contribution >= 0.6 is 12.6 Å². The Balaban J connectivity index is 2.94. The summed E-state index contributed by atoms with van der Waals surface area (Å²) >= 11 is 3.97. The summed E-state index contributed by atoms with van der Waals surface area (Å²) in [6, 6.07) is -5.16. The van der Waals surface area contributed by atoms with Gasteiger partial charge < -0.3 is 53.8 Å². The molecule has 18 heteroatoms. The van der Waals surface area contributed by atoms with Crippen LogP contribution < -0.4 is 43.8 Å². The van der Waals surface area contributed by atoms with Crippen LogP contribution in [0.2, 0.25) is 0 Å². The predicted molar refractivity (Wildman–Crippen MR) is 154 cm³/mol. The van der Waals surface area contributed by atoms with Crippen molar-refractivity contribution in [2.24, 2.45) is 17.2 Å². The van der Waals surface area contributed by atoms with Crippen molar-refractivity contribution in [2.45, 2.75) is 75.7 Å². The van der Waals surface area contributed by atoms with Gasteiger partial charge in [-0.15, -0.1) is 0 Å². The van der Waals surface area contributed by atoms with Gasteiger partial charge in [-0.2, -0.15) is 12.6 Å². The van der Waals surface area contributed by atoms with E-state index in [2.05, 4.69) is 39.2 Å². The zero-order chi connectivity index (χ0) is 31.1. The molecule has 0 aromatic rings. The zero-order valence-electron chi connectivity index (χ0n) is 23.1. The Hall–Kier alpha value is -3.80. The minimum atomic E-state index is -1.27. The Kier molecular flexibility index (Phi) is 15.3. The van der Waals surface area contributed by atoms with Crippen LogP contribution in [0.25, 0.3) is 0 Å². The molecule has 0 spiro atoms. The van der Waals surface area contributed by atoms with E-state index >= 15 is 0 Å². The van der Waals surface area contributed by atoms with Gasteiger partial charge in [0.15, 0.2) is 11.9 Å². The highest BCUT2D eigenvalue weighted by Crippen LogP contribution is 2.19. The Morgan fingerprint density at radius 3 is 2.02 bits per heavy atom. The van der Waals surface area contributed by atoms with Gasteiger partial charge in [-0.3, -0.25) is 30.0 Å². The number of guanidine groups is 2. The largest absolute Gasteiger partial charge is 0.480 e. The minimum absolute atomic E-state index is 0.0410. The first kappa shape index (κ1) is 35.2. The second-order valence-electron chi connectivity index (χ2n) is 9.63. The SMILES string of the molecule is C[C@H](NC(=O)[C@@H](N)CS)C(=O)N1CCC[C@H]1C(=O)N[C@@H](CCCNC(=N)N)C(=O)N[C@@H](CCCNC(=N)N)C(=O)O. The van der Waals surface area contributed by atoms with Gasteiger partial charge in [0.2, 0.25) is 23.6 Å². The molecule has 0 aromatic heterocycles. The summed E-state index contributed by atoms with van der Waals surface area (Å²) in [6.07, 6.45) is 1.58. The van der Waals surface area contributed by atoms with E-state index in [4.69, 9.17) is 28.0 Å². The lowest BCUT2D eigenvalue weighted by Gasteiger charge is -2.29.